The van der Waals surface area contributed by atoms with Gasteiger partial charge >= 0.3 is 6.03 Å². The van der Waals surface area contributed by atoms with Crippen molar-refractivity contribution < 1.29 is 4.79 Å². The molecule has 0 aromatic carbocycles. The van der Waals surface area contributed by atoms with E-state index in [4.69, 9.17) is 5.73 Å². The van der Waals surface area contributed by atoms with Gasteiger partial charge in [0.15, 0.2) is 0 Å². The maximum atomic E-state index is 11.1. The maximum Gasteiger partial charge on any atom is 0.346 e. The summed E-state index contributed by atoms with van der Waals surface area (Å²) in [6.07, 6.45) is 1.68. The minimum Gasteiger partial charge on any atom is -0.385 e. The second kappa shape index (κ2) is 2.81. The summed E-state index contributed by atoms with van der Waals surface area (Å²) in [7, 11) is 1.66. The number of rotatable bonds is 1. The smallest absolute Gasteiger partial charge is 0.346 e. The van der Waals surface area contributed by atoms with Crippen molar-refractivity contribution in [2.45, 2.75) is 6.04 Å². The molecule has 0 saturated heterocycles. The van der Waals surface area contributed by atoms with Crippen LogP contribution in [0.4, 0.5) is 4.79 Å². The number of nitrogens with zero attached hydrogens (tertiary/aromatic N) is 3. The summed E-state index contributed by atoms with van der Waals surface area (Å²) >= 11 is 1.46. The normalized spacial score (nSPS) is 22.2. The number of amides is 2. The number of hydrogen-bond donors (Lipinski definition) is 1. The van der Waals surface area contributed by atoms with Gasteiger partial charge in [0, 0.05) is 18.6 Å². The Morgan fingerprint density at radius 2 is 2.46 bits per heavy atom. The Balaban J connectivity index is 2.36. The van der Waals surface area contributed by atoms with Gasteiger partial charge in [-0.05, 0) is 0 Å². The number of thiazole rings is 1. The first-order valence-electron chi connectivity index (χ1n) is 3.70. The van der Waals surface area contributed by atoms with Crippen molar-refractivity contribution in [2.24, 2.45) is 10.7 Å². The van der Waals surface area contributed by atoms with Gasteiger partial charge in [-0.2, -0.15) is 4.99 Å². The molecule has 2 heterocycles. The quantitative estimate of drug-likeness (QED) is 0.715. The van der Waals surface area contributed by atoms with E-state index in [1.165, 1.54) is 16.2 Å². The Morgan fingerprint density at radius 1 is 1.69 bits per heavy atom. The summed E-state index contributed by atoms with van der Waals surface area (Å²) in [5.41, 5.74) is 5.61. The summed E-state index contributed by atoms with van der Waals surface area (Å²) in [5, 5.41) is 2.65. The number of amidine groups is 1. The van der Waals surface area contributed by atoms with Gasteiger partial charge < -0.3 is 10.6 Å². The third-order valence-electron chi connectivity index (χ3n) is 1.88. The van der Waals surface area contributed by atoms with Crippen LogP contribution in [0.1, 0.15) is 11.0 Å². The summed E-state index contributed by atoms with van der Waals surface area (Å²) < 4.78 is 0. The first-order valence-corrected chi connectivity index (χ1v) is 4.58. The molecule has 1 aromatic rings. The fourth-order valence-corrected chi connectivity index (χ4v) is 2.01. The predicted octanol–water partition coefficient (Wildman–Crippen LogP) is 0.607. The van der Waals surface area contributed by atoms with Crippen LogP contribution in [0.25, 0.3) is 0 Å². The Kier molecular flexibility index (Phi) is 1.77. The lowest BCUT2D eigenvalue weighted by Gasteiger charge is -2.16. The molecule has 0 saturated carbocycles. The van der Waals surface area contributed by atoms with Crippen molar-refractivity contribution in [3.8, 4) is 0 Å². The van der Waals surface area contributed by atoms with E-state index in [0.29, 0.717) is 5.84 Å². The van der Waals surface area contributed by atoms with Crippen molar-refractivity contribution in [1.29, 1.82) is 0 Å². The highest BCUT2D eigenvalue weighted by Gasteiger charge is 2.33. The molecule has 6 heteroatoms. The SMILES string of the molecule is CN1C(=O)N=C(N)C1c1nccs1. The van der Waals surface area contributed by atoms with E-state index < -0.39 is 0 Å². The number of carbonyl (C=O) groups is 1. The van der Waals surface area contributed by atoms with Crippen LogP contribution in [-0.4, -0.2) is 28.8 Å². The zero-order valence-corrected chi connectivity index (χ0v) is 7.78. The number of likely N-dealkylation sites (N-methyl/N-ethyl adjacent to an activating group) is 1. The van der Waals surface area contributed by atoms with Gasteiger partial charge in [-0.3, -0.25) is 0 Å². The van der Waals surface area contributed by atoms with Gasteiger partial charge in [0.25, 0.3) is 0 Å². The molecule has 1 aromatic heterocycles. The molecule has 1 aliphatic heterocycles. The molecular weight excluding hydrogens is 188 g/mol. The molecule has 1 aliphatic rings. The lowest BCUT2D eigenvalue weighted by atomic mass is 10.3. The number of urea groups is 1. The van der Waals surface area contributed by atoms with Gasteiger partial charge in [-0.25, -0.2) is 9.78 Å². The van der Waals surface area contributed by atoms with E-state index in [2.05, 4.69) is 9.98 Å². The van der Waals surface area contributed by atoms with E-state index >= 15 is 0 Å². The van der Waals surface area contributed by atoms with Crippen LogP contribution in [0.2, 0.25) is 0 Å². The molecule has 2 rings (SSSR count). The summed E-state index contributed by atoms with van der Waals surface area (Å²) in [6, 6.07) is -0.579. The molecule has 1 atom stereocenters. The molecule has 5 nitrogen and oxygen atoms in total. The van der Waals surface area contributed by atoms with Crippen molar-refractivity contribution in [3.63, 3.8) is 0 Å². The molecule has 2 N–H and O–H groups in total. The third kappa shape index (κ3) is 1.19. The molecule has 13 heavy (non-hydrogen) atoms. The van der Waals surface area contributed by atoms with E-state index in [9.17, 15) is 4.79 Å². The van der Waals surface area contributed by atoms with E-state index in [1.807, 2.05) is 5.38 Å². The highest BCUT2D eigenvalue weighted by Crippen LogP contribution is 2.26. The van der Waals surface area contributed by atoms with Crippen molar-refractivity contribution in [2.75, 3.05) is 7.05 Å². The first kappa shape index (κ1) is 8.18. The first-order chi connectivity index (χ1) is 6.20. The molecule has 0 fully saturated rings. The van der Waals surface area contributed by atoms with E-state index in [0.717, 1.165) is 5.01 Å². The molecule has 2 amide bonds. The molecule has 0 radical (unpaired) electrons. The Bertz CT molecular complexity index is 359. The van der Waals surface area contributed by atoms with Crippen LogP contribution < -0.4 is 5.73 Å². The van der Waals surface area contributed by atoms with Crippen molar-refractivity contribution >= 4 is 23.2 Å². The maximum absolute atomic E-state index is 11.1. The number of aromatic nitrogens is 1. The predicted molar refractivity (Wildman–Crippen MR) is 49.6 cm³/mol. The number of carbonyl (C=O) groups excluding carboxylic acids is 1. The molecule has 0 bridgehead atoms. The topological polar surface area (TPSA) is 71.6 Å². The van der Waals surface area contributed by atoms with Gasteiger partial charge in [0.2, 0.25) is 0 Å². The van der Waals surface area contributed by atoms with Gasteiger partial charge in [-0.1, -0.05) is 0 Å². The monoisotopic (exact) mass is 196 g/mol. The standard InChI is InChI=1S/C7H8N4OS/c1-11-4(5(8)10-7(11)12)6-9-2-3-13-6/h2-4H,1H3,(H2,8,10,12). The van der Waals surface area contributed by atoms with Crippen LogP contribution in [-0.2, 0) is 0 Å². The van der Waals surface area contributed by atoms with Gasteiger partial charge in [0.1, 0.15) is 16.9 Å². The summed E-state index contributed by atoms with van der Waals surface area (Å²) in [5.74, 6) is 0.322. The second-order valence-corrected chi connectivity index (χ2v) is 3.63. The molecule has 0 aliphatic carbocycles. The van der Waals surface area contributed by atoms with Gasteiger partial charge in [-0.15, -0.1) is 11.3 Å². The molecule has 68 valence electrons. The fraction of sp³-hybridized carbons (Fsp3) is 0.286. The highest BCUT2D eigenvalue weighted by molar-refractivity contribution is 7.09. The Hall–Kier alpha value is -1.43. The van der Waals surface area contributed by atoms with Crippen molar-refractivity contribution in [3.05, 3.63) is 16.6 Å². The van der Waals surface area contributed by atoms with Crippen LogP contribution in [0.15, 0.2) is 16.6 Å². The van der Waals surface area contributed by atoms with Crippen LogP contribution in [0.5, 0.6) is 0 Å². The molecule has 0 spiro atoms. The lowest BCUT2D eigenvalue weighted by Crippen LogP contribution is -2.29. The van der Waals surface area contributed by atoms with Crippen molar-refractivity contribution in [1.82, 2.24) is 9.88 Å². The lowest BCUT2D eigenvalue weighted by molar-refractivity contribution is 0.218. The molecular formula is C7H8N4OS. The van der Waals surface area contributed by atoms with Crippen LogP contribution >= 0.6 is 11.3 Å². The highest BCUT2D eigenvalue weighted by atomic mass is 32.1. The third-order valence-corrected chi connectivity index (χ3v) is 2.71. The summed E-state index contributed by atoms with van der Waals surface area (Å²) in [4.78, 5) is 20.4. The minimum atomic E-state index is -0.308. The average Bonchev–Trinajstić information content (AvgIpc) is 2.63. The van der Waals surface area contributed by atoms with E-state index in [-0.39, 0.29) is 12.1 Å². The minimum absolute atomic E-state index is 0.271. The number of nitrogens with two attached hydrogens (primary N) is 1. The largest absolute Gasteiger partial charge is 0.385 e. The van der Waals surface area contributed by atoms with E-state index in [1.54, 1.807) is 13.2 Å². The summed E-state index contributed by atoms with van der Waals surface area (Å²) in [6.45, 7) is 0. The number of hydrogen-bond acceptors (Lipinski definition) is 4. The zero-order chi connectivity index (χ0) is 9.42. The molecule has 1 unspecified atom stereocenters. The second-order valence-electron chi connectivity index (χ2n) is 2.70. The van der Waals surface area contributed by atoms with Crippen LogP contribution in [0.3, 0.4) is 0 Å². The number of aliphatic imine (C=N–C) groups is 1. The Morgan fingerprint density at radius 3 is 2.92 bits per heavy atom. The van der Waals surface area contributed by atoms with Crippen LogP contribution in [0, 0.1) is 0 Å². The van der Waals surface area contributed by atoms with Gasteiger partial charge in [0.05, 0.1) is 0 Å². The zero-order valence-electron chi connectivity index (χ0n) is 6.97. The fourth-order valence-electron chi connectivity index (χ4n) is 1.22. The average molecular weight is 196 g/mol. The Labute approximate surface area is 78.9 Å².